The Morgan fingerprint density at radius 2 is 1.77 bits per heavy atom. The fraction of sp³-hybridized carbons (Fsp3) is 0.105. The lowest BCUT2D eigenvalue weighted by Gasteiger charge is -2.24. The first-order valence-corrected chi connectivity index (χ1v) is 9.02. The summed E-state index contributed by atoms with van der Waals surface area (Å²) < 4.78 is 13.5. The number of para-hydroxylation sites is 2. The van der Waals surface area contributed by atoms with Crippen LogP contribution in [-0.4, -0.2) is 26.4 Å². The molecular weight excluding hydrogens is 348 g/mol. The monoisotopic (exact) mass is 362 g/mol. The highest BCUT2D eigenvalue weighted by Gasteiger charge is 2.27. The summed E-state index contributed by atoms with van der Waals surface area (Å²) in [6.45, 7) is 0.379. The molecule has 0 amide bonds. The highest BCUT2D eigenvalue weighted by molar-refractivity contribution is 7.17. The zero-order valence-corrected chi connectivity index (χ0v) is 14.5. The van der Waals surface area contributed by atoms with Gasteiger partial charge >= 0.3 is 0 Å². The van der Waals surface area contributed by atoms with Crippen LogP contribution in [0.5, 0.6) is 11.5 Å². The molecule has 0 N–H and O–H groups in total. The van der Waals surface area contributed by atoms with E-state index in [0.29, 0.717) is 18.2 Å². The summed E-state index contributed by atoms with van der Waals surface area (Å²) in [5.41, 5.74) is 1.12. The van der Waals surface area contributed by atoms with Gasteiger partial charge in [-0.2, -0.15) is 9.61 Å². The molecule has 0 unspecified atom stereocenters. The molecule has 1 atom stereocenters. The Kier molecular flexibility index (Phi) is 3.64. The number of hydrogen-bond donors (Lipinski definition) is 0. The number of benzene rings is 2. The van der Waals surface area contributed by atoms with Crippen LogP contribution in [0.25, 0.3) is 17.1 Å². The maximum absolute atomic E-state index is 6.02. The van der Waals surface area contributed by atoms with Gasteiger partial charge < -0.3 is 9.47 Å². The molecule has 0 fully saturated rings. The van der Waals surface area contributed by atoms with Crippen molar-refractivity contribution in [1.82, 2.24) is 19.8 Å². The van der Waals surface area contributed by atoms with Gasteiger partial charge in [0.15, 0.2) is 23.4 Å². The SMILES string of the molecule is C(=C/c1nn2c([C@H]3COc4ccccc4O3)nnc2s1)/c1ccccc1. The summed E-state index contributed by atoms with van der Waals surface area (Å²) in [5, 5.41) is 13.9. The van der Waals surface area contributed by atoms with Crippen LogP contribution >= 0.6 is 11.3 Å². The zero-order chi connectivity index (χ0) is 17.3. The fourth-order valence-electron chi connectivity index (χ4n) is 2.79. The number of aromatic nitrogens is 4. The molecule has 0 spiro atoms. The normalized spacial score (nSPS) is 16.4. The third-order valence-electron chi connectivity index (χ3n) is 4.05. The Balaban J connectivity index is 1.43. The first-order valence-electron chi connectivity index (χ1n) is 8.20. The first kappa shape index (κ1) is 15.1. The van der Waals surface area contributed by atoms with Crippen LogP contribution in [-0.2, 0) is 0 Å². The maximum atomic E-state index is 6.02. The predicted octanol–water partition coefficient (Wildman–Crippen LogP) is 3.87. The van der Waals surface area contributed by atoms with Gasteiger partial charge in [0.25, 0.3) is 0 Å². The van der Waals surface area contributed by atoms with Gasteiger partial charge in [0.1, 0.15) is 11.6 Å². The van der Waals surface area contributed by atoms with Gasteiger partial charge in [0.05, 0.1) is 0 Å². The molecule has 7 heteroatoms. The summed E-state index contributed by atoms with van der Waals surface area (Å²) >= 11 is 1.48. The second kappa shape index (κ2) is 6.27. The summed E-state index contributed by atoms with van der Waals surface area (Å²) in [5.74, 6) is 2.10. The van der Waals surface area contributed by atoms with Crippen LogP contribution in [0.2, 0.25) is 0 Å². The van der Waals surface area contributed by atoms with E-state index in [1.807, 2.05) is 66.7 Å². The molecule has 128 valence electrons. The molecule has 0 radical (unpaired) electrons. The van der Waals surface area contributed by atoms with Gasteiger partial charge in [-0.3, -0.25) is 0 Å². The number of fused-ring (bicyclic) bond motifs is 2. The fourth-order valence-corrected chi connectivity index (χ4v) is 3.54. The Labute approximate surface area is 153 Å². The van der Waals surface area contributed by atoms with Crippen LogP contribution in [0, 0.1) is 0 Å². The zero-order valence-electron chi connectivity index (χ0n) is 13.6. The average Bonchev–Trinajstić information content (AvgIpc) is 3.27. The van der Waals surface area contributed by atoms with Crippen molar-refractivity contribution in [3.05, 3.63) is 71.0 Å². The molecule has 2 aromatic heterocycles. The first-order chi connectivity index (χ1) is 12.9. The summed E-state index contributed by atoms with van der Waals surface area (Å²) in [7, 11) is 0. The number of ether oxygens (including phenoxy) is 2. The lowest BCUT2D eigenvalue weighted by Crippen LogP contribution is -2.23. The molecule has 0 saturated carbocycles. The van der Waals surface area contributed by atoms with E-state index in [9.17, 15) is 0 Å². The number of nitrogens with zero attached hydrogens (tertiary/aromatic N) is 4. The number of hydrogen-bond acceptors (Lipinski definition) is 6. The highest BCUT2D eigenvalue weighted by atomic mass is 32.1. The molecule has 2 aromatic carbocycles. The van der Waals surface area contributed by atoms with E-state index in [0.717, 1.165) is 21.3 Å². The Morgan fingerprint density at radius 1 is 0.962 bits per heavy atom. The minimum absolute atomic E-state index is 0.340. The standard InChI is InChI=1S/C19H14N4O2S/c1-2-6-13(7-3-1)10-11-17-22-23-18(20-21-19(23)26-17)16-12-24-14-8-4-5-9-15(14)25-16/h1-11,16H,12H2/b11-10-/t16-/m1/s1. The summed E-state index contributed by atoms with van der Waals surface area (Å²) in [6.07, 6.45) is 3.67. The molecule has 5 rings (SSSR count). The topological polar surface area (TPSA) is 61.5 Å². The molecule has 0 aliphatic carbocycles. The van der Waals surface area contributed by atoms with Crippen molar-refractivity contribution >= 4 is 28.4 Å². The van der Waals surface area contributed by atoms with Crippen LogP contribution in [0.15, 0.2) is 54.6 Å². The van der Waals surface area contributed by atoms with Crippen molar-refractivity contribution in [2.45, 2.75) is 6.10 Å². The van der Waals surface area contributed by atoms with Crippen molar-refractivity contribution in [1.29, 1.82) is 0 Å². The van der Waals surface area contributed by atoms with Crippen molar-refractivity contribution in [2.75, 3.05) is 6.61 Å². The van der Waals surface area contributed by atoms with E-state index >= 15 is 0 Å². The highest BCUT2D eigenvalue weighted by Crippen LogP contribution is 2.35. The Bertz CT molecular complexity index is 1090. The third-order valence-corrected chi connectivity index (χ3v) is 4.91. The average molecular weight is 362 g/mol. The quantitative estimate of drug-likeness (QED) is 0.554. The van der Waals surface area contributed by atoms with Crippen molar-refractivity contribution in [3.8, 4) is 11.5 Å². The van der Waals surface area contributed by atoms with Crippen molar-refractivity contribution in [3.63, 3.8) is 0 Å². The van der Waals surface area contributed by atoms with Gasteiger partial charge in [-0.15, -0.1) is 10.2 Å². The minimum atomic E-state index is -0.340. The van der Waals surface area contributed by atoms with E-state index in [1.165, 1.54) is 11.3 Å². The summed E-state index contributed by atoms with van der Waals surface area (Å²) in [4.78, 5) is 0.732. The molecule has 26 heavy (non-hydrogen) atoms. The van der Waals surface area contributed by atoms with Crippen LogP contribution in [0.4, 0.5) is 0 Å². The van der Waals surface area contributed by atoms with E-state index in [2.05, 4.69) is 15.3 Å². The second-order valence-electron chi connectivity index (χ2n) is 5.80. The van der Waals surface area contributed by atoms with Crippen LogP contribution in [0.1, 0.15) is 22.5 Å². The number of rotatable bonds is 3. The predicted molar refractivity (Wildman–Crippen MR) is 99.3 cm³/mol. The van der Waals surface area contributed by atoms with Gasteiger partial charge in [-0.25, -0.2) is 0 Å². The lowest BCUT2D eigenvalue weighted by atomic mass is 10.2. The molecule has 3 heterocycles. The molecule has 0 bridgehead atoms. The summed E-state index contributed by atoms with van der Waals surface area (Å²) in [6, 6.07) is 17.7. The van der Waals surface area contributed by atoms with E-state index in [4.69, 9.17) is 9.47 Å². The van der Waals surface area contributed by atoms with Gasteiger partial charge in [-0.1, -0.05) is 59.9 Å². The molecule has 6 nitrogen and oxygen atoms in total. The largest absolute Gasteiger partial charge is 0.485 e. The van der Waals surface area contributed by atoms with Crippen molar-refractivity contribution in [2.24, 2.45) is 0 Å². The Hall–Kier alpha value is -3.19. The third kappa shape index (κ3) is 2.72. The molecule has 1 aliphatic rings. The molecule has 0 saturated heterocycles. The minimum Gasteiger partial charge on any atom is -0.485 e. The van der Waals surface area contributed by atoms with E-state index in [1.54, 1.807) is 4.52 Å². The van der Waals surface area contributed by atoms with Gasteiger partial charge in [0.2, 0.25) is 4.96 Å². The molecule has 1 aliphatic heterocycles. The van der Waals surface area contributed by atoms with E-state index < -0.39 is 0 Å². The second-order valence-corrected chi connectivity index (χ2v) is 6.79. The smallest absolute Gasteiger partial charge is 0.235 e. The Morgan fingerprint density at radius 3 is 2.65 bits per heavy atom. The van der Waals surface area contributed by atoms with Gasteiger partial charge in [-0.05, 0) is 23.8 Å². The van der Waals surface area contributed by atoms with Gasteiger partial charge in [0, 0.05) is 0 Å². The van der Waals surface area contributed by atoms with Crippen molar-refractivity contribution < 1.29 is 9.47 Å². The molecule has 4 aromatic rings. The lowest BCUT2D eigenvalue weighted by molar-refractivity contribution is 0.0836. The molecular formula is C19H14N4O2S. The maximum Gasteiger partial charge on any atom is 0.235 e. The van der Waals surface area contributed by atoms with Crippen LogP contribution in [0.3, 0.4) is 0 Å². The van der Waals surface area contributed by atoms with E-state index in [-0.39, 0.29) is 6.10 Å². The van der Waals surface area contributed by atoms with Crippen LogP contribution < -0.4 is 9.47 Å².